The van der Waals surface area contributed by atoms with Crippen LogP contribution in [0.15, 0.2) is 54.6 Å². The minimum absolute atomic E-state index is 0.269. The first-order chi connectivity index (χ1) is 8.25. The molecule has 0 unspecified atom stereocenters. The average Bonchev–Trinajstić information content (AvgIpc) is 2.38. The molecule has 17 heavy (non-hydrogen) atoms. The lowest BCUT2D eigenvalue weighted by atomic mass is 10.2. The second kappa shape index (κ2) is 5.64. The summed E-state index contributed by atoms with van der Waals surface area (Å²) in [7, 11) is 0. The Morgan fingerprint density at radius 3 is 2.29 bits per heavy atom. The summed E-state index contributed by atoms with van der Waals surface area (Å²) < 4.78 is 12.7. The molecule has 0 spiro atoms. The third-order valence-corrected chi connectivity index (χ3v) is 3.33. The second-order valence-electron chi connectivity index (χ2n) is 3.61. The van der Waals surface area contributed by atoms with Crippen LogP contribution >= 0.6 is 11.8 Å². The van der Waals surface area contributed by atoms with Gasteiger partial charge >= 0.3 is 0 Å². The van der Waals surface area contributed by atoms with Gasteiger partial charge in [0.05, 0.1) is 5.04 Å². The van der Waals surface area contributed by atoms with Crippen molar-refractivity contribution >= 4 is 16.8 Å². The summed E-state index contributed by atoms with van der Waals surface area (Å²) in [6.45, 7) is 0. The smallest absolute Gasteiger partial charge is 0.123 e. The summed E-state index contributed by atoms with van der Waals surface area (Å²) in [5.41, 5.74) is 1.94. The molecular weight excluding hydrogens is 233 g/mol. The highest BCUT2D eigenvalue weighted by Gasteiger charge is 2.02. The molecule has 0 fully saturated rings. The first-order valence-electron chi connectivity index (χ1n) is 5.27. The van der Waals surface area contributed by atoms with Gasteiger partial charge in [0.1, 0.15) is 5.82 Å². The van der Waals surface area contributed by atoms with E-state index in [1.165, 1.54) is 29.5 Å². The maximum atomic E-state index is 12.7. The molecule has 0 bridgehead atoms. The molecule has 0 aliphatic heterocycles. The van der Waals surface area contributed by atoms with Crippen LogP contribution in [0.5, 0.6) is 0 Å². The van der Waals surface area contributed by atoms with Crippen LogP contribution in [-0.4, -0.2) is 5.04 Å². The van der Waals surface area contributed by atoms with Crippen LogP contribution in [0.25, 0.3) is 0 Å². The van der Waals surface area contributed by atoms with Crippen molar-refractivity contribution in [3.05, 3.63) is 71.5 Å². The number of rotatable bonds is 3. The third kappa shape index (κ3) is 3.43. The molecule has 0 atom stereocenters. The van der Waals surface area contributed by atoms with Crippen LogP contribution in [-0.2, 0) is 5.75 Å². The maximum absolute atomic E-state index is 12.7. The van der Waals surface area contributed by atoms with E-state index in [4.69, 9.17) is 5.41 Å². The Morgan fingerprint density at radius 2 is 1.65 bits per heavy atom. The first kappa shape index (κ1) is 11.9. The van der Waals surface area contributed by atoms with E-state index in [2.05, 4.69) is 0 Å². The highest BCUT2D eigenvalue weighted by Crippen LogP contribution is 2.17. The Labute approximate surface area is 104 Å². The Hall–Kier alpha value is -1.61. The lowest BCUT2D eigenvalue weighted by Gasteiger charge is -2.04. The predicted octanol–water partition coefficient (Wildman–Crippen LogP) is 4.08. The van der Waals surface area contributed by atoms with Gasteiger partial charge < -0.3 is 0 Å². The van der Waals surface area contributed by atoms with Crippen molar-refractivity contribution in [3.63, 3.8) is 0 Å². The van der Waals surface area contributed by atoms with Crippen molar-refractivity contribution in [2.24, 2.45) is 0 Å². The summed E-state index contributed by atoms with van der Waals surface area (Å²) in [6.07, 6.45) is 0. The van der Waals surface area contributed by atoms with Crippen molar-refractivity contribution in [2.75, 3.05) is 0 Å². The number of thioether (sulfide) groups is 1. The molecule has 0 saturated carbocycles. The molecule has 1 N–H and O–H groups in total. The van der Waals surface area contributed by atoms with Crippen LogP contribution in [0.4, 0.5) is 4.39 Å². The maximum Gasteiger partial charge on any atom is 0.123 e. The molecular formula is C14H12FNS. The molecule has 2 rings (SSSR count). The molecule has 0 aromatic heterocycles. The van der Waals surface area contributed by atoms with E-state index < -0.39 is 0 Å². The zero-order valence-corrected chi connectivity index (χ0v) is 10.0. The molecule has 2 aromatic rings. The number of hydrogen-bond acceptors (Lipinski definition) is 2. The van der Waals surface area contributed by atoms with Gasteiger partial charge in [-0.1, -0.05) is 30.3 Å². The highest BCUT2D eigenvalue weighted by atomic mass is 32.2. The van der Waals surface area contributed by atoms with Crippen LogP contribution in [0.1, 0.15) is 11.1 Å². The zero-order chi connectivity index (χ0) is 12.1. The van der Waals surface area contributed by atoms with E-state index in [1.54, 1.807) is 12.1 Å². The van der Waals surface area contributed by atoms with E-state index in [-0.39, 0.29) is 5.82 Å². The summed E-state index contributed by atoms with van der Waals surface area (Å²) in [6, 6.07) is 16.0. The molecule has 0 aliphatic carbocycles. The van der Waals surface area contributed by atoms with Gasteiger partial charge in [0.25, 0.3) is 0 Å². The minimum atomic E-state index is -0.269. The molecule has 2 aromatic carbocycles. The van der Waals surface area contributed by atoms with Crippen LogP contribution in [0, 0.1) is 11.2 Å². The van der Waals surface area contributed by atoms with Crippen molar-refractivity contribution in [1.82, 2.24) is 0 Å². The van der Waals surface area contributed by atoms with Crippen molar-refractivity contribution in [2.45, 2.75) is 5.75 Å². The quantitative estimate of drug-likeness (QED) is 0.639. The van der Waals surface area contributed by atoms with Gasteiger partial charge in [0.15, 0.2) is 0 Å². The Bertz CT molecular complexity index is 493. The summed E-state index contributed by atoms with van der Waals surface area (Å²) >= 11 is 1.45. The zero-order valence-electron chi connectivity index (χ0n) is 9.19. The second-order valence-corrected chi connectivity index (χ2v) is 4.60. The molecule has 0 radical (unpaired) electrons. The molecule has 1 nitrogen and oxygen atoms in total. The van der Waals surface area contributed by atoms with E-state index in [0.717, 1.165) is 11.3 Å². The highest BCUT2D eigenvalue weighted by molar-refractivity contribution is 8.13. The molecule has 0 heterocycles. The topological polar surface area (TPSA) is 23.9 Å². The first-order valence-corrected chi connectivity index (χ1v) is 6.25. The van der Waals surface area contributed by atoms with E-state index in [9.17, 15) is 4.39 Å². The summed E-state index contributed by atoms with van der Waals surface area (Å²) in [5, 5.41) is 8.36. The van der Waals surface area contributed by atoms with Gasteiger partial charge in [-0.25, -0.2) is 4.39 Å². The van der Waals surface area contributed by atoms with Gasteiger partial charge in [0, 0.05) is 11.3 Å². The van der Waals surface area contributed by atoms with Gasteiger partial charge in [-0.2, -0.15) is 0 Å². The lowest BCUT2D eigenvalue weighted by Crippen LogP contribution is -1.94. The van der Waals surface area contributed by atoms with Crippen molar-refractivity contribution < 1.29 is 4.39 Å². The fraction of sp³-hybridized carbons (Fsp3) is 0.0714. The van der Waals surface area contributed by atoms with E-state index >= 15 is 0 Å². The molecule has 86 valence electrons. The number of halogens is 1. The Kier molecular flexibility index (Phi) is 3.94. The standard InChI is InChI=1S/C14H12FNS/c15-13-8-6-12(7-9-13)14(16)17-10-11-4-2-1-3-5-11/h1-9,16H,10H2. The van der Waals surface area contributed by atoms with Crippen molar-refractivity contribution in [1.29, 1.82) is 5.41 Å². The van der Waals surface area contributed by atoms with Crippen LogP contribution in [0.2, 0.25) is 0 Å². The molecule has 0 saturated heterocycles. The summed E-state index contributed by atoms with van der Waals surface area (Å²) in [5.74, 6) is 0.492. The molecule has 0 aliphatic rings. The number of nitrogens with one attached hydrogen (secondary N) is 1. The third-order valence-electron chi connectivity index (χ3n) is 2.33. The Balaban J connectivity index is 1.96. The molecule has 3 heteroatoms. The SMILES string of the molecule is N=C(SCc1ccccc1)c1ccc(F)cc1. The van der Waals surface area contributed by atoms with Gasteiger partial charge in [-0.05, 0) is 29.8 Å². The predicted molar refractivity (Wildman–Crippen MR) is 71.0 cm³/mol. The van der Waals surface area contributed by atoms with Gasteiger partial charge in [0.2, 0.25) is 0 Å². The summed E-state index contributed by atoms with van der Waals surface area (Å²) in [4.78, 5) is 0. The normalized spacial score (nSPS) is 10.2. The van der Waals surface area contributed by atoms with E-state index in [0.29, 0.717) is 5.04 Å². The van der Waals surface area contributed by atoms with Crippen molar-refractivity contribution in [3.8, 4) is 0 Å². The fourth-order valence-electron chi connectivity index (χ4n) is 1.41. The van der Waals surface area contributed by atoms with E-state index in [1.807, 2.05) is 30.3 Å². The average molecular weight is 245 g/mol. The largest absolute Gasteiger partial charge is 0.293 e. The Morgan fingerprint density at radius 1 is 1.00 bits per heavy atom. The number of hydrogen-bond donors (Lipinski definition) is 1. The lowest BCUT2D eigenvalue weighted by molar-refractivity contribution is 0.628. The van der Waals surface area contributed by atoms with Gasteiger partial charge in [-0.3, -0.25) is 5.41 Å². The number of benzene rings is 2. The fourth-order valence-corrected chi connectivity index (χ4v) is 2.22. The van der Waals surface area contributed by atoms with Crippen LogP contribution < -0.4 is 0 Å². The van der Waals surface area contributed by atoms with Crippen LogP contribution in [0.3, 0.4) is 0 Å². The monoisotopic (exact) mass is 245 g/mol. The minimum Gasteiger partial charge on any atom is -0.293 e. The molecule has 0 amide bonds. The van der Waals surface area contributed by atoms with Gasteiger partial charge in [-0.15, -0.1) is 11.8 Å².